The third-order valence-electron chi connectivity index (χ3n) is 6.82. The number of nitriles is 1. The molecule has 3 amide bonds. The maximum Gasteiger partial charge on any atom is 0.408 e. The predicted molar refractivity (Wildman–Crippen MR) is 151 cm³/mol. The summed E-state index contributed by atoms with van der Waals surface area (Å²) in [5.74, 6) is -0.713. The van der Waals surface area contributed by atoms with Gasteiger partial charge in [0.2, 0.25) is 11.8 Å². The van der Waals surface area contributed by atoms with Gasteiger partial charge >= 0.3 is 12.1 Å². The monoisotopic (exact) mass is 586 g/mol. The molecular formula is C30H42N4O8. The Balaban J connectivity index is 1.70. The van der Waals surface area contributed by atoms with Crippen LogP contribution in [0.4, 0.5) is 4.79 Å². The normalized spacial score (nSPS) is 20.2. The first-order valence-electron chi connectivity index (χ1n) is 14.2. The number of amides is 3. The highest BCUT2D eigenvalue weighted by Crippen LogP contribution is 2.45. The minimum Gasteiger partial charge on any atom is -0.485 e. The van der Waals surface area contributed by atoms with E-state index in [0.717, 1.165) is 0 Å². The van der Waals surface area contributed by atoms with Gasteiger partial charge in [0.05, 0.1) is 17.7 Å². The number of nitrogens with zero attached hydrogens (tertiary/aromatic N) is 2. The van der Waals surface area contributed by atoms with Crippen molar-refractivity contribution in [1.29, 1.82) is 5.26 Å². The molecule has 0 radical (unpaired) electrons. The zero-order valence-electron chi connectivity index (χ0n) is 25.4. The van der Waals surface area contributed by atoms with Crippen LogP contribution in [0.25, 0.3) is 0 Å². The number of hydrogen-bond donors (Lipinski definition) is 2. The number of likely N-dealkylation sites (tertiary alicyclic amines) is 1. The topological polar surface area (TPSA) is 156 Å². The Bertz CT molecular complexity index is 1220. The highest BCUT2D eigenvalue weighted by Gasteiger charge is 2.49. The fourth-order valence-electron chi connectivity index (χ4n) is 5.08. The molecule has 12 heteroatoms. The highest BCUT2D eigenvalue weighted by molar-refractivity contribution is 5.87. The molecule has 0 spiro atoms. The van der Waals surface area contributed by atoms with Gasteiger partial charge < -0.3 is 34.5 Å². The van der Waals surface area contributed by atoms with Crippen LogP contribution in [0.5, 0.6) is 5.75 Å². The quantitative estimate of drug-likeness (QED) is 0.310. The molecule has 1 fully saturated rings. The molecule has 1 aromatic carbocycles. The summed E-state index contributed by atoms with van der Waals surface area (Å²) < 4.78 is 23.0. The lowest BCUT2D eigenvalue weighted by atomic mass is 9.85. The zero-order chi connectivity index (χ0) is 31.2. The van der Waals surface area contributed by atoms with Crippen LogP contribution in [0.3, 0.4) is 0 Å². The van der Waals surface area contributed by atoms with Crippen LogP contribution in [-0.4, -0.2) is 72.0 Å². The first kappa shape index (κ1) is 32.7. The largest absolute Gasteiger partial charge is 0.485 e. The smallest absolute Gasteiger partial charge is 0.408 e. The lowest BCUT2D eigenvalue weighted by Crippen LogP contribution is -2.55. The van der Waals surface area contributed by atoms with E-state index in [2.05, 4.69) is 16.7 Å². The van der Waals surface area contributed by atoms with E-state index >= 15 is 0 Å². The molecule has 2 N–H and O–H groups in total. The van der Waals surface area contributed by atoms with E-state index in [1.54, 1.807) is 43.9 Å². The van der Waals surface area contributed by atoms with Gasteiger partial charge in [0.25, 0.3) is 0 Å². The van der Waals surface area contributed by atoms with Crippen LogP contribution in [0.15, 0.2) is 18.2 Å². The number of fused-ring (bicyclic) bond motifs is 1. The van der Waals surface area contributed by atoms with Crippen molar-refractivity contribution in [2.24, 2.45) is 5.92 Å². The number of rotatable bonds is 10. The summed E-state index contributed by atoms with van der Waals surface area (Å²) in [5.41, 5.74) is -0.557. The maximum atomic E-state index is 13.1. The van der Waals surface area contributed by atoms with Gasteiger partial charge in [-0.15, -0.1) is 0 Å². The highest BCUT2D eigenvalue weighted by atomic mass is 16.7. The lowest BCUT2D eigenvalue weighted by molar-refractivity contribution is -0.190. The van der Waals surface area contributed by atoms with Crippen molar-refractivity contribution in [3.8, 4) is 11.8 Å². The molecule has 0 aromatic heterocycles. The van der Waals surface area contributed by atoms with Crippen LogP contribution in [0.1, 0.15) is 84.9 Å². The summed E-state index contributed by atoms with van der Waals surface area (Å²) in [6, 6.07) is 5.66. The molecule has 230 valence electrons. The van der Waals surface area contributed by atoms with Crippen LogP contribution in [-0.2, 0) is 28.6 Å². The van der Waals surface area contributed by atoms with Gasteiger partial charge in [0, 0.05) is 18.5 Å². The number of carbonyl (C=O) groups excluding carboxylic acids is 4. The van der Waals surface area contributed by atoms with E-state index in [1.807, 2.05) is 27.7 Å². The Morgan fingerprint density at radius 3 is 2.55 bits per heavy atom. The Hall–Kier alpha value is -3.85. The Kier molecular flexibility index (Phi) is 10.4. The Morgan fingerprint density at radius 2 is 1.95 bits per heavy atom. The second-order valence-electron chi connectivity index (χ2n) is 12.5. The summed E-state index contributed by atoms with van der Waals surface area (Å²) in [6.45, 7) is 12.3. The average Bonchev–Trinajstić information content (AvgIpc) is 3.30. The minimum absolute atomic E-state index is 0.0312. The minimum atomic E-state index is -0.980. The van der Waals surface area contributed by atoms with Gasteiger partial charge in [-0.1, -0.05) is 13.8 Å². The standard InChI is InChI=1S/C30H42N4O8/c1-18(2)13-21(33-23(35)16-32-28(38)42-29(3,4)5)27(37)40-17-39-26-25(34-12-8-9-24(34)36)20-14-19(15-31)10-11-22(20)41-30(26,6)7/h10-11,14,18,21,25-26H,8-9,12-13,16-17H2,1-7H3,(H,32,38)(H,33,35). The molecule has 2 heterocycles. The van der Waals surface area contributed by atoms with E-state index in [1.165, 1.54) is 0 Å². The number of carbonyl (C=O) groups is 4. The molecule has 3 rings (SSSR count). The van der Waals surface area contributed by atoms with Gasteiger partial charge in [-0.05, 0) is 71.6 Å². The second kappa shape index (κ2) is 13.4. The number of ether oxygens (including phenoxy) is 4. The van der Waals surface area contributed by atoms with Crippen molar-refractivity contribution in [1.82, 2.24) is 15.5 Å². The van der Waals surface area contributed by atoms with E-state index in [0.29, 0.717) is 42.7 Å². The number of esters is 1. The van der Waals surface area contributed by atoms with Crippen molar-refractivity contribution < 1.29 is 38.1 Å². The number of nitrogens with one attached hydrogen (secondary N) is 2. The van der Waals surface area contributed by atoms with Crippen molar-refractivity contribution in [3.05, 3.63) is 29.3 Å². The molecule has 3 unspecified atom stereocenters. The number of benzene rings is 1. The molecule has 2 aliphatic heterocycles. The summed E-state index contributed by atoms with van der Waals surface area (Å²) >= 11 is 0. The first-order chi connectivity index (χ1) is 19.6. The zero-order valence-corrected chi connectivity index (χ0v) is 25.4. The molecule has 0 saturated carbocycles. The summed E-state index contributed by atoms with van der Waals surface area (Å²) in [5, 5.41) is 14.5. The fourth-order valence-corrected chi connectivity index (χ4v) is 5.08. The SMILES string of the molecule is CC(C)CC(NC(=O)CNC(=O)OC(C)(C)C)C(=O)OCOC1C(N2CCCC2=O)c2cc(C#N)ccc2OC1(C)C. The molecule has 42 heavy (non-hydrogen) atoms. The van der Waals surface area contributed by atoms with Gasteiger partial charge in [-0.25, -0.2) is 9.59 Å². The van der Waals surface area contributed by atoms with Crippen molar-refractivity contribution >= 4 is 23.9 Å². The molecule has 0 bridgehead atoms. The van der Waals surface area contributed by atoms with Crippen LogP contribution in [0.2, 0.25) is 0 Å². The third kappa shape index (κ3) is 8.58. The fraction of sp³-hybridized carbons (Fsp3) is 0.633. The number of hydrogen-bond acceptors (Lipinski definition) is 9. The van der Waals surface area contributed by atoms with Crippen LogP contribution < -0.4 is 15.4 Å². The third-order valence-corrected chi connectivity index (χ3v) is 6.82. The average molecular weight is 587 g/mol. The van der Waals surface area contributed by atoms with Gasteiger partial charge in [0.15, 0.2) is 6.79 Å². The Labute approximate surface area is 247 Å². The summed E-state index contributed by atoms with van der Waals surface area (Å²) in [7, 11) is 0. The van der Waals surface area contributed by atoms with E-state index in [4.69, 9.17) is 18.9 Å². The molecule has 1 aromatic rings. The predicted octanol–water partition coefficient (Wildman–Crippen LogP) is 3.33. The van der Waals surface area contributed by atoms with Crippen molar-refractivity contribution in [3.63, 3.8) is 0 Å². The van der Waals surface area contributed by atoms with E-state index < -0.39 is 54.2 Å². The van der Waals surface area contributed by atoms with Crippen LogP contribution in [0, 0.1) is 17.2 Å². The van der Waals surface area contributed by atoms with E-state index in [9.17, 15) is 24.4 Å². The van der Waals surface area contributed by atoms with Crippen molar-refractivity contribution in [2.75, 3.05) is 19.9 Å². The lowest BCUT2D eigenvalue weighted by Gasteiger charge is -2.47. The molecule has 1 saturated heterocycles. The van der Waals surface area contributed by atoms with Crippen LogP contribution >= 0.6 is 0 Å². The molecule has 2 aliphatic rings. The molecular weight excluding hydrogens is 544 g/mol. The number of alkyl carbamates (subject to hydrolysis) is 1. The van der Waals surface area contributed by atoms with E-state index in [-0.39, 0.29) is 18.4 Å². The maximum absolute atomic E-state index is 13.1. The summed E-state index contributed by atoms with van der Waals surface area (Å²) in [4.78, 5) is 52.0. The second-order valence-corrected chi connectivity index (χ2v) is 12.5. The van der Waals surface area contributed by atoms with Crippen molar-refractivity contribution in [2.45, 2.75) is 97.1 Å². The first-order valence-corrected chi connectivity index (χ1v) is 14.2. The Morgan fingerprint density at radius 1 is 1.24 bits per heavy atom. The molecule has 3 atom stereocenters. The summed E-state index contributed by atoms with van der Waals surface area (Å²) in [6.07, 6.45) is -0.0766. The van der Waals surface area contributed by atoms with Gasteiger partial charge in [0.1, 0.15) is 35.6 Å². The molecule has 12 nitrogen and oxygen atoms in total. The van der Waals surface area contributed by atoms with Gasteiger partial charge in [-0.3, -0.25) is 9.59 Å². The molecule has 0 aliphatic carbocycles. The van der Waals surface area contributed by atoms with Gasteiger partial charge in [-0.2, -0.15) is 5.26 Å².